The second-order valence-corrected chi connectivity index (χ2v) is 7.66. The molecule has 0 radical (unpaired) electrons. The molecule has 152 valence electrons. The van der Waals surface area contributed by atoms with Crippen LogP contribution in [0.2, 0.25) is 0 Å². The predicted molar refractivity (Wildman–Crippen MR) is 103 cm³/mol. The lowest BCUT2D eigenvalue weighted by Crippen LogP contribution is -2.35. The first-order valence-electron chi connectivity index (χ1n) is 10.0. The van der Waals surface area contributed by atoms with Crippen LogP contribution in [0.1, 0.15) is 54.4 Å². The number of nitrogens with one attached hydrogen (secondary N) is 2. The number of amides is 2. The zero-order valence-electron chi connectivity index (χ0n) is 16.0. The molecule has 3 unspecified atom stereocenters. The normalized spacial score (nSPS) is 24.5. The van der Waals surface area contributed by atoms with Gasteiger partial charge in [-0.1, -0.05) is 18.6 Å². The minimum absolute atomic E-state index is 0.0940. The molecule has 2 aliphatic rings. The van der Waals surface area contributed by atoms with Crippen molar-refractivity contribution in [2.45, 2.75) is 51.2 Å². The SMILES string of the molecule is O=C(NCC1CCCO1)c1cccc(CNC(=O)C2CCCC(C(=O)O)C2)c1. The number of hydrogen-bond donors (Lipinski definition) is 3. The van der Waals surface area contributed by atoms with Gasteiger partial charge in [-0.05, 0) is 49.8 Å². The van der Waals surface area contributed by atoms with Crippen molar-refractivity contribution in [2.75, 3.05) is 13.2 Å². The van der Waals surface area contributed by atoms with Crippen LogP contribution >= 0.6 is 0 Å². The highest BCUT2D eigenvalue weighted by atomic mass is 16.5. The van der Waals surface area contributed by atoms with Gasteiger partial charge in [0.15, 0.2) is 0 Å². The summed E-state index contributed by atoms with van der Waals surface area (Å²) in [5, 5.41) is 14.9. The highest BCUT2D eigenvalue weighted by Gasteiger charge is 2.30. The van der Waals surface area contributed by atoms with Gasteiger partial charge in [-0.15, -0.1) is 0 Å². The Morgan fingerprint density at radius 3 is 2.64 bits per heavy atom. The molecule has 7 nitrogen and oxygen atoms in total. The van der Waals surface area contributed by atoms with Gasteiger partial charge in [-0.25, -0.2) is 0 Å². The third kappa shape index (κ3) is 5.55. The van der Waals surface area contributed by atoms with Crippen LogP contribution < -0.4 is 10.6 Å². The third-order valence-electron chi connectivity index (χ3n) is 5.56. The maximum Gasteiger partial charge on any atom is 0.306 e. The van der Waals surface area contributed by atoms with Gasteiger partial charge in [0, 0.05) is 31.2 Å². The summed E-state index contributed by atoms with van der Waals surface area (Å²) >= 11 is 0. The average molecular weight is 388 g/mol. The molecule has 1 saturated heterocycles. The summed E-state index contributed by atoms with van der Waals surface area (Å²) in [5.41, 5.74) is 1.39. The Balaban J connectivity index is 1.49. The Bertz CT molecular complexity index is 715. The van der Waals surface area contributed by atoms with Crippen LogP contribution in [0.3, 0.4) is 0 Å². The molecule has 1 heterocycles. The summed E-state index contributed by atoms with van der Waals surface area (Å²) < 4.78 is 5.51. The zero-order valence-corrected chi connectivity index (χ0v) is 16.0. The van der Waals surface area contributed by atoms with Gasteiger partial charge in [0.25, 0.3) is 5.91 Å². The Hall–Kier alpha value is -2.41. The highest BCUT2D eigenvalue weighted by molar-refractivity contribution is 5.94. The average Bonchev–Trinajstić information content (AvgIpc) is 3.24. The van der Waals surface area contributed by atoms with Gasteiger partial charge in [0.05, 0.1) is 12.0 Å². The third-order valence-corrected chi connectivity index (χ3v) is 5.56. The number of ether oxygens (including phenoxy) is 1. The number of carbonyl (C=O) groups is 3. The van der Waals surface area contributed by atoms with E-state index in [1.165, 1.54) is 0 Å². The van der Waals surface area contributed by atoms with E-state index in [0.29, 0.717) is 31.5 Å². The summed E-state index contributed by atoms with van der Waals surface area (Å²) in [4.78, 5) is 35.9. The molecule has 0 bridgehead atoms. The molecule has 1 aliphatic carbocycles. The minimum atomic E-state index is -0.820. The molecule has 1 saturated carbocycles. The molecular weight excluding hydrogens is 360 g/mol. The van der Waals surface area contributed by atoms with Crippen molar-refractivity contribution in [3.63, 3.8) is 0 Å². The van der Waals surface area contributed by atoms with Crippen LogP contribution in [0, 0.1) is 11.8 Å². The lowest BCUT2D eigenvalue weighted by Gasteiger charge is -2.25. The van der Waals surface area contributed by atoms with Crippen LogP contribution in [0.15, 0.2) is 24.3 Å². The minimum Gasteiger partial charge on any atom is -0.481 e. The molecule has 3 atom stereocenters. The molecule has 1 aromatic rings. The molecule has 0 aromatic heterocycles. The molecule has 3 rings (SSSR count). The number of rotatable bonds is 7. The Morgan fingerprint density at radius 1 is 1.07 bits per heavy atom. The summed E-state index contributed by atoms with van der Waals surface area (Å²) in [7, 11) is 0. The molecule has 0 spiro atoms. The van der Waals surface area contributed by atoms with E-state index in [0.717, 1.165) is 37.9 Å². The smallest absolute Gasteiger partial charge is 0.306 e. The van der Waals surface area contributed by atoms with E-state index < -0.39 is 11.9 Å². The molecule has 2 fully saturated rings. The quantitative estimate of drug-likeness (QED) is 0.663. The zero-order chi connectivity index (χ0) is 19.9. The topological polar surface area (TPSA) is 105 Å². The fourth-order valence-corrected chi connectivity index (χ4v) is 3.92. The Morgan fingerprint density at radius 2 is 1.89 bits per heavy atom. The monoisotopic (exact) mass is 388 g/mol. The van der Waals surface area contributed by atoms with Crippen LogP contribution in [0.25, 0.3) is 0 Å². The van der Waals surface area contributed by atoms with Crippen molar-refractivity contribution in [3.05, 3.63) is 35.4 Å². The van der Waals surface area contributed by atoms with E-state index in [9.17, 15) is 14.4 Å². The van der Waals surface area contributed by atoms with Crippen molar-refractivity contribution in [1.82, 2.24) is 10.6 Å². The molecular formula is C21H28N2O5. The number of carboxylic acid groups (broad SMARTS) is 1. The van der Waals surface area contributed by atoms with E-state index >= 15 is 0 Å². The van der Waals surface area contributed by atoms with Crippen LogP contribution in [-0.2, 0) is 20.9 Å². The van der Waals surface area contributed by atoms with Gasteiger partial charge in [0.1, 0.15) is 0 Å². The van der Waals surface area contributed by atoms with Gasteiger partial charge in [-0.3, -0.25) is 14.4 Å². The van der Waals surface area contributed by atoms with E-state index in [1.54, 1.807) is 18.2 Å². The van der Waals surface area contributed by atoms with E-state index in [4.69, 9.17) is 9.84 Å². The molecule has 1 aliphatic heterocycles. The number of aliphatic carboxylic acids is 1. The number of carboxylic acids is 1. The fourth-order valence-electron chi connectivity index (χ4n) is 3.92. The second-order valence-electron chi connectivity index (χ2n) is 7.66. The van der Waals surface area contributed by atoms with E-state index in [2.05, 4.69) is 10.6 Å². The first-order valence-corrected chi connectivity index (χ1v) is 10.0. The van der Waals surface area contributed by atoms with Gasteiger partial charge in [-0.2, -0.15) is 0 Å². The Kier molecular flexibility index (Phi) is 7.03. The Labute approximate surface area is 164 Å². The molecule has 2 amide bonds. The summed E-state index contributed by atoms with van der Waals surface area (Å²) in [6.07, 6.45) is 4.61. The van der Waals surface area contributed by atoms with Crippen molar-refractivity contribution in [3.8, 4) is 0 Å². The molecule has 1 aromatic carbocycles. The van der Waals surface area contributed by atoms with Crippen molar-refractivity contribution >= 4 is 17.8 Å². The fraction of sp³-hybridized carbons (Fsp3) is 0.571. The summed E-state index contributed by atoms with van der Waals surface area (Å²) in [6, 6.07) is 7.17. The summed E-state index contributed by atoms with van der Waals surface area (Å²) in [6.45, 7) is 1.58. The first-order chi connectivity index (χ1) is 13.5. The molecule has 7 heteroatoms. The number of hydrogen-bond acceptors (Lipinski definition) is 4. The predicted octanol–water partition coefficient (Wildman–Crippen LogP) is 2.10. The largest absolute Gasteiger partial charge is 0.481 e. The van der Waals surface area contributed by atoms with Crippen LogP contribution in [0.4, 0.5) is 0 Å². The van der Waals surface area contributed by atoms with Gasteiger partial charge in [0.2, 0.25) is 5.91 Å². The first kappa shape index (κ1) is 20.3. The van der Waals surface area contributed by atoms with Gasteiger partial charge >= 0.3 is 5.97 Å². The molecule has 28 heavy (non-hydrogen) atoms. The van der Waals surface area contributed by atoms with Crippen molar-refractivity contribution in [1.29, 1.82) is 0 Å². The highest BCUT2D eigenvalue weighted by Crippen LogP contribution is 2.29. The maximum absolute atomic E-state index is 12.4. The van der Waals surface area contributed by atoms with E-state index in [-0.39, 0.29) is 23.8 Å². The summed E-state index contributed by atoms with van der Waals surface area (Å²) in [5.74, 6) is -1.77. The second kappa shape index (κ2) is 9.68. The van der Waals surface area contributed by atoms with Crippen molar-refractivity contribution in [2.24, 2.45) is 11.8 Å². The standard InChI is InChI=1S/C21H28N2O5/c24-19(23-13-18-8-3-9-28-18)15-5-1-4-14(10-15)12-22-20(25)16-6-2-7-17(11-16)21(26)27/h1,4-5,10,16-18H,2-3,6-9,11-13H2,(H,22,25)(H,23,24)(H,26,27). The maximum atomic E-state index is 12.4. The molecule has 3 N–H and O–H groups in total. The lowest BCUT2D eigenvalue weighted by molar-refractivity contribution is -0.144. The van der Waals surface area contributed by atoms with Crippen molar-refractivity contribution < 1.29 is 24.2 Å². The van der Waals surface area contributed by atoms with Gasteiger partial charge < -0.3 is 20.5 Å². The lowest BCUT2D eigenvalue weighted by atomic mass is 9.81. The number of benzene rings is 1. The van der Waals surface area contributed by atoms with Crippen LogP contribution in [0.5, 0.6) is 0 Å². The number of carbonyl (C=O) groups excluding carboxylic acids is 2. The van der Waals surface area contributed by atoms with Crippen LogP contribution in [-0.4, -0.2) is 42.1 Å². The van der Waals surface area contributed by atoms with E-state index in [1.807, 2.05) is 6.07 Å².